The molecule has 0 aromatic carbocycles. The monoisotopic (exact) mass is 630 g/mol. The Kier molecular flexibility index (Phi) is 12.4. The zero-order chi connectivity index (χ0) is 32.8. The number of allylic oxidation sites excluding steroid dienone is 1. The van der Waals surface area contributed by atoms with Crippen LogP contribution in [0.5, 0.6) is 0 Å². The molecule has 12 atom stereocenters. The topological polar surface area (TPSA) is 137 Å². The van der Waals surface area contributed by atoms with Gasteiger partial charge in [0.1, 0.15) is 12.8 Å². The van der Waals surface area contributed by atoms with Crippen molar-refractivity contribution in [2.75, 3.05) is 19.8 Å². The molecule has 5 N–H and O–H groups in total. The van der Waals surface area contributed by atoms with Crippen LogP contribution < -0.4 is 10.6 Å². The summed E-state index contributed by atoms with van der Waals surface area (Å²) >= 11 is 0. The fraction of sp³-hybridized carbons (Fsp3) is 0.833. The highest BCUT2D eigenvalue weighted by molar-refractivity contribution is 5.88. The first kappa shape index (κ1) is 35.7. The molecule has 4 fully saturated rings. The molecular weight excluding hydrogens is 572 g/mol. The van der Waals surface area contributed by atoms with Crippen LogP contribution in [0.4, 0.5) is 4.79 Å². The largest absolute Gasteiger partial charge is 0.447 e. The number of fused-ring (bicyclic) bond motifs is 5. The minimum absolute atomic E-state index is 0.0305. The number of hydrogen-bond acceptors (Lipinski definition) is 7. The Bertz CT molecular complexity index is 1080. The van der Waals surface area contributed by atoms with Crippen molar-refractivity contribution in [3.05, 3.63) is 12.2 Å². The summed E-state index contributed by atoms with van der Waals surface area (Å²) in [6.45, 7) is 10.1. The molecular formula is C36H58N2O7. The van der Waals surface area contributed by atoms with Gasteiger partial charge < -0.3 is 35.4 Å². The first-order valence-electron chi connectivity index (χ1n) is 17.4. The Labute approximate surface area is 270 Å². The highest BCUT2D eigenvalue weighted by atomic mass is 16.6. The van der Waals surface area contributed by atoms with E-state index in [1.165, 1.54) is 6.08 Å². The smallest absolute Gasteiger partial charge is 0.408 e. The maximum absolute atomic E-state index is 12.6. The van der Waals surface area contributed by atoms with Crippen LogP contribution in [0.3, 0.4) is 0 Å². The van der Waals surface area contributed by atoms with E-state index < -0.39 is 24.5 Å². The SMILES string of the molecule is C#CCC(NC(=O)C=CCC[C@@H](C)[C@H]1CC[C@H]2[C@@H]3C(O)C(O)[C@@H]4C[C@H](O)CC[C@]4(C)[C@H]3CC[C@]12C)NC(=O)OCCOCCC. The summed E-state index contributed by atoms with van der Waals surface area (Å²) in [6, 6.07) is 0. The minimum atomic E-state index is -0.771. The lowest BCUT2D eigenvalue weighted by Gasteiger charge is -2.63. The normalized spacial score (nSPS) is 38.7. The summed E-state index contributed by atoms with van der Waals surface area (Å²) in [5, 5.41) is 38.5. The molecule has 2 amide bonds. The highest BCUT2D eigenvalue weighted by Gasteiger charge is 2.65. The van der Waals surface area contributed by atoms with Crippen LogP contribution in [0.2, 0.25) is 0 Å². The molecule has 0 saturated heterocycles. The molecule has 9 heteroatoms. The van der Waals surface area contributed by atoms with Gasteiger partial charge in [0.2, 0.25) is 5.91 Å². The van der Waals surface area contributed by atoms with Gasteiger partial charge in [-0.1, -0.05) is 33.8 Å². The number of ether oxygens (including phenoxy) is 2. The van der Waals surface area contributed by atoms with Crippen molar-refractivity contribution in [1.29, 1.82) is 0 Å². The fourth-order valence-corrected chi connectivity index (χ4v) is 10.1. The summed E-state index contributed by atoms with van der Waals surface area (Å²) in [7, 11) is 0. The van der Waals surface area contributed by atoms with Gasteiger partial charge in [0.25, 0.3) is 0 Å². The van der Waals surface area contributed by atoms with Gasteiger partial charge >= 0.3 is 6.09 Å². The fourth-order valence-electron chi connectivity index (χ4n) is 10.1. The Morgan fingerprint density at radius 3 is 2.44 bits per heavy atom. The first-order valence-corrected chi connectivity index (χ1v) is 17.4. The third kappa shape index (κ3) is 7.89. The number of rotatable bonds is 13. The van der Waals surface area contributed by atoms with Crippen LogP contribution in [-0.2, 0) is 14.3 Å². The lowest BCUT2D eigenvalue weighted by atomic mass is 9.43. The van der Waals surface area contributed by atoms with Gasteiger partial charge in [0, 0.05) is 13.0 Å². The first-order chi connectivity index (χ1) is 21.5. The van der Waals surface area contributed by atoms with Gasteiger partial charge in [0.05, 0.1) is 24.9 Å². The molecule has 0 aromatic rings. The molecule has 45 heavy (non-hydrogen) atoms. The van der Waals surface area contributed by atoms with Crippen molar-refractivity contribution < 1.29 is 34.4 Å². The lowest BCUT2D eigenvalue weighted by molar-refractivity contribution is -0.223. The zero-order valence-corrected chi connectivity index (χ0v) is 27.9. The molecule has 4 aliphatic carbocycles. The number of carbonyl (C=O) groups is 2. The Morgan fingerprint density at radius 1 is 0.978 bits per heavy atom. The van der Waals surface area contributed by atoms with Gasteiger partial charge in [0.15, 0.2) is 0 Å². The number of alkyl carbamates (subject to hydrolysis) is 1. The average molecular weight is 631 g/mol. The minimum Gasteiger partial charge on any atom is -0.447 e. The van der Waals surface area contributed by atoms with E-state index in [1.54, 1.807) is 0 Å². The Hall–Kier alpha value is -2.12. The molecule has 0 spiro atoms. The van der Waals surface area contributed by atoms with Crippen LogP contribution in [0.1, 0.15) is 98.3 Å². The summed E-state index contributed by atoms with van der Waals surface area (Å²) in [6.07, 6.45) is 15.0. The van der Waals surface area contributed by atoms with Crippen LogP contribution in [0.15, 0.2) is 12.2 Å². The molecule has 4 rings (SSSR count). The summed E-state index contributed by atoms with van der Waals surface area (Å²) in [5.41, 5.74) is 0.0851. The summed E-state index contributed by atoms with van der Waals surface area (Å²) in [4.78, 5) is 24.7. The van der Waals surface area contributed by atoms with E-state index in [9.17, 15) is 24.9 Å². The van der Waals surface area contributed by atoms with Gasteiger partial charge in [-0.25, -0.2) is 4.79 Å². The van der Waals surface area contributed by atoms with E-state index in [2.05, 4.69) is 37.3 Å². The van der Waals surface area contributed by atoms with Gasteiger partial charge in [-0.3, -0.25) is 4.79 Å². The van der Waals surface area contributed by atoms with Crippen molar-refractivity contribution in [1.82, 2.24) is 10.6 Å². The second-order valence-electron chi connectivity index (χ2n) is 14.9. The van der Waals surface area contributed by atoms with Gasteiger partial charge in [-0.2, -0.15) is 0 Å². The standard InChI is InChI=1S/C36H58N2O7/c1-6-10-29(38-34(43)45-21-20-44-19-7-2)37-30(40)12-9-8-11-23(3)25-13-14-26-31-27(16-18-35(25,26)4)36(5)17-15-24(39)22-28(36)32(41)33(31)42/h1,9,12,23-29,31-33,39,41-42H,7-8,10-11,13-22H2,2-5H3,(H,37,40)(H,38,43)/t23-,24-,25-,26+,27+,28+,29?,31+,32?,33?,35-,36-/m1/s1. The van der Waals surface area contributed by atoms with Crippen LogP contribution in [0, 0.1) is 58.7 Å². The van der Waals surface area contributed by atoms with E-state index in [4.69, 9.17) is 15.9 Å². The molecule has 3 unspecified atom stereocenters. The number of amides is 2. The number of terminal acetylenes is 1. The highest BCUT2D eigenvalue weighted by Crippen LogP contribution is 2.68. The van der Waals surface area contributed by atoms with E-state index >= 15 is 0 Å². The molecule has 0 heterocycles. The van der Waals surface area contributed by atoms with Gasteiger partial charge in [-0.15, -0.1) is 12.3 Å². The quantitative estimate of drug-likeness (QED) is 0.0872. The molecule has 0 radical (unpaired) electrons. The maximum Gasteiger partial charge on any atom is 0.408 e. The maximum atomic E-state index is 12.6. The number of aliphatic hydroxyl groups is 3. The van der Waals surface area contributed by atoms with E-state index in [0.717, 1.165) is 57.8 Å². The Morgan fingerprint density at radius 2 is 1.71 bits per heavy atom. The average Bonchev–Trinajstić information content (AvgIpc) is 3.36. The zero-order valence-electron chi connectivity index (χ0n) is 27.9. The third-order valence-corrected chi connectivity index (χ3v) is 12.3. The van der Waals surface area contributed by atoms with Gasteiger partial charge in [-0.05, 0) is 117 Å². The summed E-state index contributed by atoms with van der Waals surface area (Å²) in [5.74, 6) is 3.96. The molecule has 9 nitrogen and oxygen atoms in total. The number of carbonyl (C=O) groups excluding carboxylic acids is 2. The molecule has 0 aliphatic heterocycles. The molecule has 0 aromatic heterocycles. The third-order valence-electron chi connectivity index (χ3n) is 12.3. The Balaban J connectivity index is 1.27. The van der Waals surface area contributed by atoms with Crippen molar-refractivity contribution in [2.45, 2.75) is 123 Å². The number of aliphatic hydroxyl groups excluding tert-OH is 3. The number of hydrogen-bond donors (Lipinski definition) is 5. The molecule has 4 saturated carbocycles. The summed E-state index contributed by atoms with van der Waals surface area (Å²) < 4.78 is 10.4. The predicted octanol–water partition coefficient (Wildman–Crippen LogP) is 4.54. The van der Waals surface area contributed by atoms with Crippen molar-refractivity contribution in [2.24, 2.45) is 46.3 Å². The second kappa shape index (κ2) is 15.6. The van der Waals surface area contributed by atoms with Crippen LogP contribution in [-0.4, -0.2) is 71.6 Å². The molecule has 4 aliphatic rings. The molecule has 254 valence electrons. The van der Waals surface area contributed by atoms with Crippen LogP contribution in [0.25, 0.3) is 0 Å². The second-order valence-corrected chi connectivity index (χ2v) is 14.9. The van der Waals surface area contributed by atoms with E-state index in [0.29, 0.717) is 43.3 Å². The number of nitrogens with one attached hydrogen (secondary N) is 2. The van der Waals surface area contributed by atoms with E-state index in [-0.39, 0.29) is 47.7 Å². The molecule has 0 bridgehead atoms. The van der Waals surface area contributed by atoms with Crippen molar-refractivity contribution >= 4 is 12.0 Å². The lowest BCUT2D eigenvalue weighted by Crippen LogP contribution is -2.64. The van der Waals surface area contributed by atoms with Crippen molar-refractivity contribution in [3.63, 3.8) is 0 Å². The van der Waals surface area contributed by atoms with Crippen molar-refractivity contribution in [3.8, 4) is 12.3 Å². The predicted molar refractivity (Wildman–Crippen MR) is 173 cm³/mol. The van der Waals surface area contributed by atoms with Crippen LogP contribution >= 0.6 is 0 Å². The van der Waals surface area contributed by atoms with E-state index in [1.807, 2.05) is 13.0 Å².